The van der Waals surface area contributed by atoms with Gasteiger partial charge in [-0.3, -0.25) is 0 Å². The zero-order valence-corrected chi connectivity index (χ0v) is 11.3. The maximum atomic E-state index is 9.69. The zero-order chi connectivity index (χ0) is 13.3. The Hall–Kier alpha value is -1.36. The third-order valence-corrected chi connectivity index (χ3v) is 3.51. The standard InChI is InChI=1S/C13H21N3O2/c1-8(2)18-11-5-6-14-12(16-11)15-9-7-10(17)13(9,3)4/h5-6,8-10,17H,7H2,1-4H3,(H,14,15,16). The molecule has 5 heteroatoms. The molecule has 100 valence electrons. The molecule has 0 aliphatic heterocycles. The number of aliphatic hydroxyl groups is 1. The first kappa shape index (κ1) is 13.1. The van der Waals surface area contributed by atoms with Crippen LogP contribution in [0.1, 0.15) is 34.1 Å². The molecule has 1 aliphatic rings. The van der Waals surface area contributed by atoms with E-state index in [0.717, 1.165) is 6.42 Å². The molecule has 0 spiro atoms. The van der Waals surface area contributed by atoms with Crippen molar-refractivity contribution in [1.82, 2.24) is 9.97 Å². The topological polar surface area (TPSA) is 67.3 Å². The predicted molar refractivity (Wildman–Crippen MR) is 69.6 cm³/mol. The van der Waals surface area contributed by atoms with Crippen LogP contribution in [0.15, 0.2) is 12.3 Å². The third-order valence-electron chi connectivity index (χ3n) is 3.51. The lowest BCUT2D eigenvalue weighted by atomic mass is 9.65. The number of nitrogens with zero attached hydrogens (tertiary/aromatic N) is 2. The van der Waals surface area contributed by atoms with Gasteiger partial charge in [0, 0.05) is 23.7 Å². The van der Waals surface area contributed by atoms with E-state index in [1.165, 1.54) is 0 Å². The smallest absolute Gasteiger partial charge is 0.226 e. The van der Waals surface area contributed by atoms with Gasteiger partial charge in [0.15, 0.2) is 0 Å². The van der Waals surface area contributed by atoms with Gasteiger partial charge in [-0.05, 0) is 20.3 Å². The second-order valence-electron chi connectivity index (χ2n) is 5.65. The first-order chi connectivity index (χ1) is 8.39. The van der Waals surface area contributed by atoms with Gasteiger partial charge in [-0.15, -0.1) is 0 Å². The summed E-state index contributed by atoms with van der Waals surface area (Å²) in [6.07, 6.45) is 2.24. The number of anilines is 1. The summed E-state index contributed by atoms with van der Waals surface area (Å²) >= 11 is 0. The number of nitrogens with one attached hydrogen (secondary N) is 1. The second-order valence-corrected chi connectivity index (χ2v) is 5.65. The fourth-order valence-corrected chi connectivity index (χ4v) is 2.02. The number of ether oxygens (including phenoxy) is 1. The van der Waals surface area contributed by atoms with Gasteiger partial charge in [0.1, 0.15) is 0 Å². The van der Waals surface area contributed by atoms with Crippen LogP contribution in [0, 0.1) is 5.41 Å². The molecular formula is C13H21N3O2. The van der Waals surface area contributed by atoms with E-state index in [2.05, 4.69) is 15.3 Å². The Morgan fingerprint density at radius 2 is 2.22 bits per heavy atom. The number of hydrogen-bond acceptors (Lipinski definition) is 5. The highest BCUT2D eigenvalue weighted by Gasteiger charge is 2.47. The molecule has 1 fully saturated rings. The van der Waals surface area contributed by atoms with Crippen molar-refractivity contribution in [2.24, 2.45) is 5.41 Å². The van der Waals surface area contributed by atoms with E-state index in [4.69, 9.17) is 4.74 Å². The highest BCUT2D eigenvalue weighted by atomic mass is 16.5. The van der Waals surface area contributed by atoms with E-state index in [1.807, 2.05) is 27.7 Å². The Bertz CT molecular complexity index is 420. The van der Waals surface area contributed by atoms with Gasteiger partial charge < -0.3 is 15.2 Å². The molecule has 2 rings (SSSR count). The maximum Gasteiger partial charge on any atom is 0.226 e. The predicted octanol–water partition coefficient (Wildman–Crippen LogP) is 1.84. The summed E-state index contributed by atoms with van der Waals surface area (Å²) in [4.78, 5) is 8.47. The highest BCUT2D eigenvalue weighted by molar-refractivity contribution is 5.32. The Labute approximate surface area is 108 Å². The van der Waals surface area contributed by atoms with E-state index in [1.54, 1.807) is 12.3 Å². The Balaban J connectivity index is 2.02. The third kappa shape index (κ3) is 2.56. The van der Waals surface area contributed by atoms with Crippen molar-refractivity contribution in [3.05, 3.63) is 12.3 Å². The van der Waals surface area contributed by atoms with Crippen molar-refractivity contribution in [1.29, 1.82) is 0 Å². The molecule has 0 radical (unpaired) electrons. The summed E-state index contributed by atoms with van der Waals surface area (Å²) in [5.41, 5.74) is -0.141. The lowest BCUT2D eigenvalue weighted by Gasteiger charge is -2.49. The van der Waals surface area contributed by atoms with Gasteiger partial charge in [-0.2, -0.15) is 4.98 Å². The molecule has 18 heavy (non-hydrogen) atoms. The molecule has 0 bridgehead atoms. The zero-order valence-electron chi connectivity index (χ0n) is 11.3. The van der Waals surface area contributed by atoms with Crippen LogP contribution >= 0.6 is 0 Å². The van der Waals surface area contributed by atoms with Crippen LogP contribution in [0.25, 0.3) is 0 Å². The molecule has 2 N–H and O–H groups in total. The summed E-state index contributed by atoms with van der Waals surface area (Å²) in [6, 6.07) is 1.94. The lowest BCUT2D eigenvalue weighted by molar-refractivity contribution is -0.0513. The van der Waals surface area contributed by atoms with E-state index >= 15 is 0 Å². The molecule has 2 atom stereocenters. The van der Waals surface area contributed by atoms with Gasteiger partial charge >= 0.3 is 0 Å². The molecule has 0 amide bonds. The molecule has 0 aromatic carbocycles. The molecule has 1 aromatic heterocycles. The Kier molecular flexibility index (Phi) is 3.43. The van der Waals surface area contributed by atoms with Gasteiger partial charge in [-0.25, -0.2) is 4.98 Å². The van der Waals surface area contributed by atoms with E-state index in [-0.39, 0.29) is 23.7 Å². The van der Waals surface area contributed by atoms with Gasteiger partial charge in [-0.1, -0.05) is 13.8 Å². The Morgan fingerprint density at radius 1 is 1.50 bits per heavy atom. The van der Waals surface area contributed by atoms with Crippen molar-refractivity contribution < 1.29 is 9.84 Å². The average molecular weight is 251 g/mol. The first-order valence-electron chi connectivity index (χ1n) is 6.34. The summed E-state index contributed by atoms with van der Waals surface area (Å²) in [5.74, 6) is 1.12. The number of rotatable bonds is 4. The van der Waals surface area contributed by atoms with Crippen LogP contribution in [-0.4, -0.2) is 33.3 Å². The van der Waals surface area contributed by atoms with Gasteiger partial charge in [0.05, 0.1) is 12.2 Å². The monoisotopic (exact) mass is 251 g/mol. The van der Waals surface area contributed by atoms with Crippen LogP contribution < -0.4 is 10.1 Å². The van der Waals surface area contributed by atoms with Crippen molar-refractivity contribution in [2.45, 2.75) is 52.4 Å². The Morgan fingerprint density at radius 3 is 2.78 bits per heavy atom. The minimum absolute atomic E-state index is 0.0923. The first-order valence-corrected chi connectivity index (χ1v) is 6.34. The quantitative estimate of drug-likeness (QED) is 0.854. The SMILES string of the molecule is CC(C)Oc1ccnc(NC2CC(O)C2(C)C)n1. The summed E-state index contributed by atoms with van der Waals surface area (Å²) in [6.45, 7) is 7.99. The van der Waals surface area contributed by atoms with Crippen molar-refractivity contribution >= 4 is 5.95 Å². The number of aliphatic hydroxyl groups excluding tert-OH is 1. The van der Waals surface area contributed by atoms with E-state index in [0.29, 0.717) is 11.8 Å². The van der Waals surface area contributed by atoms with Crippen LogP contribution in [0.5, 0.6) is 5.88 Å². The van der Waals surface area contributed by atoms with Crippen LogP contribution in [0.3, 0.4) is 0 Å². The van der Waals surface area contributed by atoms with Crippen molar-refractivity contribution in [3.8, 4) is 5.88 Å². The molecule has 2 unspecified atom stereocenters. The van der Waals surface area contributed by atoms with Gasteiger partial charge in [0.25, 0.3) is 0 Å². The lowest BCUT2D eigenvalue weighted by Crippen LogP contribution is -2.57. The van der Waals surface area contributed by atoms with Crippen LogP contribution in [-0.2, 0) is 0 Å². The van der Waals surface area contributed by atoms with E-state index < -0.39 is 0 Å². The van der Waals surface area contributed by atoms with Crippen molar-refractivity contribution in [3.63, 3.8) is 0 Å². The maximum absolute atomic E-state index is 9.69. The fourth-order valence-electron chi connectivity index (χ4n) is 2.02. The molecule has 1 heterocycles. The average Bonchev–Trinajstić information content (AvgIpc) is 2.28. The van der Waals surface area contributed by atoms with Gasteiger partial charge in [0.2, 0.25) is 11.8 Å². The number of hydrogen-bond donors (Lipinski definition) is 2. The summed E-state index contributed by atoms with van der Waals surface area (Å²) in [5, 5.41) is 12.9. The normalized spacial score (nSPS) is 25.7. The number of aromatic nitrogens is 2. The second kappa shape index (κ2) is 4.72. The molecule has 1 aromatic rings. The van der Waals surface area contributed by atoms with E-state index in [9.17, 15) is 5.11 Å². The highest BCUT2D eigenvalue weighted by Crippen LogP contribution is 2.41. The summed E-state index contributed by atoms with van der Waals surface area (Å²) < 4.78 is 5.52. The largest absolute Gasteiger partial charge is 0.475 e. The van der Waals surface area contributed by atoms with Crippen LogP contribution in [0.2, 0.25) is 0 Å². The molecule has 1 saturated carbocycles. The summed E-state index contributed by atoms with van der Waals surface area (Å²) in [7, 11) is 0. The van der Waals surface area contributed by atoms with Crippen LogP contribution in [0.4, 0.5) is 5.95 Å². The molecule has 0 saturated heterocycles. The molecule has 1 aliphatic carbocycles. The molecular weight excluding hydrogens is 230 g/mol. The minimum Gasteiger partial charge on any atom is -0.475 e. The minimum atomic E-state index is -0.259. The fraction of sp³-hybridized carbons (Fsp3) is 0.692. The van der Waals surface area contributed by atoms with Crippen molar-refractivity contribution in [2.75, 3.05) is 5.32 Å². The molecule has 5 nitrogen and oxygen atoms in total.